The van der Waals surface area contributed by atoms with Gasteiger partial charge in [0.05, 0.1) is 6.54 Å². The highest BCUT2D eigenvalue weighted by atomic mass is 19.4. The summed E-state index contributed by atoms with van der Waals surface area (Å²) in [6, 6.07) is 0. The van der Waals surface area contributed by atoms with Gasteiger partial charge in [0.15, 0.2) is 0 Å². The first-order valence-electron chi connectivity index (χ1n) is 7.35. The summed E-state index contributed by atoms with van der Waals surface area (Å²) in [5.74, 6) is 0. The first-order valence-corrected chi connectivity index (χ1v) is 7.35. The Labute approximate surface area is 113 Å². The van der Waals surface area contributed by atoms with Crippen molar-refractivity contribution in [3.05, 3.63) is 0 Å². The molecule has 2 rings (SSSR count). The highest BCUT2D eigenvalue weighted by molar-refractivity contribution is 5.04. The van der Waals surface area contributed by atoms with E-state index in [4.69, 9.17) is 0 Å². The van der Waals surface area contributed by atoms with Crippen LogP contribution in [-0.4, -0.2) is 41.8 Å². The molecule has 1 saturated heterocycles. The largest absolute Gasteiger partial charge is 0.401 e. The van der Waals surface area contributed by atoms with E-state index in [-0.39, 0.29) is 11.1 Å². The summed E-state index contributed by atoms with van der Waals surface area (Å²) in [7, 11) is 0. The first-order chi connectivity index (χ1) is 8.79. The molecule has 0 radical (unpaired) electrons. The second-order valence-corrected chi connectivity index (χ2v) is 6.52. The van der Waals surface area contributed by atoms with Crippen molar-refractivity contribution in [3.8, 4) is 0 Å². The van der Waals surface area contributed by atoms with Gasteiger partial charge in [-0.2, -0.15) is 13.2 Å². The second-order valence-electron chi connectivity index (χ2n) is 6.52. The summed E-state index contributed by atoms with van der Waals surface area (Å²) in [5.41, 5.74) is -0.448. The first kappa shape index (κ1) is 15.1. The Kier molecular flexibility index (Phi) is 4.17. The monoisotopic (exact) mass is 278 g/mol. The molecule has 0 amide bonds. The summed E-state index contributed by atoms with van der Waals surface area (Å²) in [6.07, 6.45) is 2.15. The molecule has 1 spiro atoms. The average molecular weight is 278 g/mol. The summed E-state index contributed by atoms with van der Waals surface area (Å²) >= 11 is 0. The SMILES string of the molecule is CCC1(C)CNC2(CCCCC2)CN1CC(F)(F)F. The zero-order valence-electron chi connectivity index (χ0n) is 11.9. The van der Waals surface area contributed by atoms with E-state index in [0.29, 0.717) is 13.1 Å². The third kappa shape index (κ3) is 3.43. The summed E-state index contributed by atoms with van der Waals surface area (Å²) in [6.45, 7) is 4.35. The molecule has 1 aliphatic heterocycles. The van der Waals surface area contributed by atoms with Crippen molar-refractivity contribution < 1.29 is 13.2 Å². The minimum atomic E-state index is -4.11. The zero-order valence-corrected chi connectivity index (χ0v) is 11.9. The molecule has 0 aromatic heterocycles. The lowest BCUT2D eigenvalue weighted by Crippen LogP contribution is -2.70. The molecule has 1 heterocycles. The smallest absolute Gasteiger partial charge is 0.308 e. The van der Waals surface area contributed by atoms with Crippen molar-refractivity contribution in [2.45, 2.75) is 69.6 Å². The quantitative estimate of drug-likeness (QED) is 0.833. The fraction of sp³-hybridized carbons (Fsp3) is 1.00. The Bertz CT molecular complexity index is 310. The van der Waals surface area contributed by atoms with Gasteiger partial charge < -0.3 is 5.32 Å². The molecule has 112 valence electrons. The van der Waals surface area contributed by atoms with Gasteiger partial charge in [0, 0.05) is 24.2 Å². The normalized spacial score (nSPS) is 32.7. The van der Waals surface area contributed by atoms with Crippen LogP contribution in [0, 0.1) is 0 Å². The van der Waals surface area contributed by atoms with Gasteiger partial charge in [-0.15, -0.1) is 0 Å². The maximum absolute atomic E-state index is 12.8. The van der Waals surface area contributed by atoms with Gasteiger partial charge in [-0.05, 0) is 26.2 Å². The minimum Gasteiger partial charge on any atom is -0.308 e. The van der Waals surface area contributed by atoms with Crippen molar-refractivity contribution >= 4 is 0 Å². The minimum absolute atomic E-state index is 0.0713. The number of hydrogen-bond acceptors (Lipinski definition) is 2. The summed E-state index contributed by atoms with van der Waals surface area (Å²) < 4.78 is 38.4. The van der Waals surface area contributed by atoms with E-state index in [1.165, 1.54) is 6.42 Å². The Balaban J connectivity index is 2.13. The number of halogens is 3. The second kappa shape index (κ2) is 5.24. The lowest BCUT2D eigenvalue weighted by Gasteiger charge is -2.54. The van der Waals surface area contributed by atoms with E-state index in [2.05, 4.69) is 5.32 Å². The zero-order chi connectivity index (χ0) is 14.1. The Morgan fingerprint density at radius 1 is 1.16 bits per heavy atom. The fourth-order valence-corrected chi connectivity index (χ4v) is 3.48. The molecule has 0 aromatic carbocycles. The van der Waals surface area contributed by atoms with Gasteiger partial charge in [-0.25, -0.2) is 0 Å². The van der Waals surface area contributed by atoms with E-state index >= 15 is 0 Å². The van der Waals surface area contributed by atoms with Crippen LogP contribution < -0.4 is 5.32 Å². The number of nitrogens with one attached hydrogen (secondary N) is 1. The van der Waals surface area contributed by atoms with Crippen LogP contribution in [0.1, 0.15) is 52.4 Å². The van der Waals surface area contributed by atoms with Crippen LogP contribution in [0.4, 0.5) is 13.2 Å². The topological polar surface area (TPSA) is 15.3 Å². The van der Waals surface area contributed by atoms with Crippen LogP contribution in [0.2, 0.25) is 0 Å². The molecule has 19 heavy (non-hydrogen) atoms. The van der Waals surface area contributed by atoms with Crippen LogP contribution in [0.3, 0.4) is 0 Å². The van der Waals surface area contributed by atoms with Gasteiger partial charge in [0.1, 0.15) is 0 Å². The van der Waals surface area contributed by atoms with E-state index in [9.17, 15) is 13.2 Å². The fourth-order valence-electron chi connectivity index (χ4n) is 3.48. The van der Waals surface area contributed by atoms with Crippen molar-refractivity contribution in [2.24, 2.45) is 0 Å². The van der Waals surface area contributed by atoms with E-state index < -0.39 is 12.7 Å². The molecule has 1 N–H and O–H groups in total. The van der Waals surface area contributed by atoms with Gasteiger partial charge in [0.25, 0.3) is 0 Å². The predicted octanol–water partition coefficient (Wildman–Crippen LogP) is 3.33. The number of nitrogens with zero attached hydrogens (tertiary/aromatic N) is 1. The summed E-state index contributed by atoms with van der Waals surface area (Å²) in [4.78, 5) is 1.68. The van der Waals surface area contributed by atoms with E-state index in [0.717, 1.165) is 32.1 Å². The number of rotatable bonds is 2. The van der Waals surface area contributed by atoms with Crippen LogP contribution in [0.25, 0.3) is 0 Å². The van der Waals surface area contributed by atoms with E-state index in [1.54, 1.807) is 4.90 Å². The molecular formula is C14H25F3N2. The van der Waals surface area contributed by atoms with Crippen LogP contribution in [0.5, 0.6) is 0 Å². The number of alkyl halides is 3. The Hall–Kier alpha value is -0.290. The summed E-state index contributed by atoms with van der Waals surface area (Å²) in [5, 5.41) is 3.58. The molecule has 1 saturated carbocycles. The number of hydrogen-bond donors (Lipinski definition) is 1. The van der Waals surface area contributed by atoms with Gasteiger partial charge in [-0.3, -0.25) is 4.90 Å². The predicted molar refractivity (Wildman–Crippen MR) is 70.1 cm³/mol. The van der Waals surface area contributed by atoms with Gasteiger partial charge >= 0.3 is 6.18 Å². The number of piperazine rings is 1. The van der Waals surface area contributed by atoms with Crippen LogP contribution >= 0.6 is 0 Å². The van der Waals surface area contributed by atoms with Crippen molar-refractivity contribution in [2.75, 3.05) is 19.6 Å². The maximum atomic E-state index is 12.8. The van der Waals surface area contributed by atoms with Crippen LogP contribution in [0.15, 0.2) is 0 Å². The van der Waals surface area contributed by atoms with E-state index in [1.807, 2.05) is 13.8 Å². The lowest BCUT2D eigenvalue weighted by molar-refractivity contribution is -0.168. The highest BCUT2D eigenvalue weighted by Crippen LogP contribution is 2.37. The Morgan fingerprint density at radius 2 is 1.79 bits per heavy atom. The Morgan fingerprint density at radius 3 is 2.32 bits per heavy atom. The van der Waals surface area contributed by atoms with Crippen LogP contribution in [-0.2, 0) is 0 Å². The van der Waals surface area contributed by atoms with Gasteiger partial charge in [0.2, 0.25) is 0 Å². The van der Waals surface area contributed by atoms with Crippen molar-refractivity contribution in [1.29, 1.82) is 0 Å². The molecule has 0 bridgehead atoms. The highest BCUT2D eigenvalue weighted by Gasteiger charge is 2.47. The van der Waals surface area contributed by atoms with Crippen molar-refractivity contribution in [1.82, 2.24) is 10.2 Å². The van der Waals surface area contributed by atoms with Gasteiger partial charge in [-0.1, -0.05) is 26.2 Å². The average Bonchev–Trinajstić information content (AvgIpc) is 2.34. The lowest BCUT2D eigenvalue weighted by atomic mass is 9.77. The molecule has 2 aliphatic rings. The molecule has 1 atom stereocenters. The molecule has 1 aliphatic carbocycles. The maximum Gasteiger partial charge on any atom is 0.401 e. The molecular weight excluding hydrogens is 253 g/mol. The molecule has 0 aromatic rings. The molecule has 2 fully saturated rings. The molecule has 5 heteroatoms. The standard InChI is InChI=1S/C14H25F3N2/c1-3-12(2)9-18-13(7-5-4-6-8-13)10-19(12)11-14(15,16)17/h18H,3-11H2,1-2H3. The third-order valence-corrected chi connectivity index (χ3v) is 5.04. The molecule has 2 nitrogen and oxygen atoms in total. The van der Waals surface area contributed by atoms with Crippen molar-refractivity contribution in [3.63, 3.8) is 0 Å². The third-order valence-electron chi connectivity index (χ3n) is 5.04. The molecule has 1 unspecified atom stereocenters.